The van der Waals surface area contributed by atoms with E-state index in [4.69, 9.17) is 9.84 Å². The van der Waals surface area contributed by atoms with Gasteiger partial charge in [-0.1, -0.05) is 78.9 Å². The van der Waals surface area contributed by atoms with Gasteiger partial charge in [0.05, 0.1) is 12.1 Å². The third-order valence-electron chi connectivity index (χ3n) is 7.04. The monoisotopic (exact) mass is 539 g/mol. The number of rotatable bonds is 5. The van der Waals surface area contributed by atoms with Crippen molar-refractivity contribution >= 4 is 23.7 Å². The Morgan fingerprint density at radius 1 is 0.825 bits per heavy atom. The Morgan fingerprint density at radius 3 is 2.08 bits per heavy atom. The fourth-order valence-corrected chi connectivity index (χ4v) is 5.29. The van der Waals surface area contributed by atoms with Crippen molar-refractivity contribution in [3.63, 3.8) is 0 Å². The minimum absolute atomic E-state index is 0.0625. The Balaban J connectivity index is 0.000000248. The summed E-state index contributed by atoms with van der Waals surface area (Å²) >= 11 is 0. The Bertz CT molecular complexity index is 1540. The number of amides is 1. The Hall–Kier alpha value is -4.98. The van der Waals surface area contributed by atoms with Crippen molar-refractivity contribution in [2.75, 3.05) is 11.5 Å². The van der Waals surface area contributed by atoms with Gasteiger partial charge in [-0.15, -0.1) is 0 Å². The Morgan fingerprint density at radius 2 is 1.45 bits per heavy atom. The molecule has 40 heavy (non-hydrogen) atoms. The molecule has 0 spiro atoms. The molecule has 0 bridgehead atoms. The largest absolute Gasteiger partial charge is 0.481 e. The first-order valence-electron chi connectivity index (χ1n) is 12.7. The minimum atomic E-state index is -1.03. The summed E-state index contributed by atoms with van der Waals surface area (Å²) in [6.07, 6.45) is -0.461. The standard InChI is InChI=1S/C24H19NO4.C8H7FO2/c26-23(27)22-13-15-7-1-6-12-21(15)25(22)24(28)29-14-20-18-10-4-2-8-16(18)17-9-3-5-11-19(17)20;9-7-3-1-2-6(4-7)5-8(10)11/h1-12,20,22H,13-14H2,(H,26,27);1-4H,5H2,(H,10,11). The number of hydrogen-bond donors (Lipinski definition) is 2. The lowest BCUT2D eigenvalue weighted by Gasteiger charge is -2.23. The van der Waals surface area contributed by atoms with Gasteiger partial charge < -0.3 is 14.9 Å². The van der Waals surface area contributed by atoms with Crippen molar-refractivity contribution in [1.82, 2.24) is 0 Å². The molecule has 0 fully saturated rings. The number of anilines is 1. The first kappa shape index (κ1) is 26.6. The van der Waals surface area contributed by atoms with E-state index in [-0.39, 0.29) is 25.4 Å². The topological polar surface area (TPSA) is 104 Å². The maximum atomic E-state index is 12.9. The van der Waals surface area contributed by atoms with E-state index in [1.807, 2.05) is 36.4 Å². The molecule has 1 aliphatic heterocycles. The van der Waals surface area contributed by atoms with Crippen molar-refractivity contribution in [3.05, 3.63) is 125 Å². The maximum absolute atomic E-state index is 12.9. The highest BCUT2D eigenvalue weighted by Gasteiger charge is 2.40. The van der Waals surface area contributed by atoms with Crippen LogP contribution in [0.2, 0.25) is 0 Å². The average molecular weight is 540 g/mol. The highest BCUT2D eigenvalue weighted by atomic mass is 19.1. The quantitative estimate of drug-likeness (QED) is 0.327. The number of carboxylic acid groups (broad SMARTS) is 2. The normalized spacial score (nSPS) is 14.8. The van der Waals surface area contributed by atoms with Crippen LogP contribution in [0, 0.1) is 5.82 Å². The molecular weight excluding hydrogens is 513 g/mol. The van der Waals surface area contributed by atoms with E-state index in [0.29, 0.717) is 11.3 Å². The van der Waals surface area contributed by atoms with E-state index in [1.165, 1.54) is 23.1 Å². The number of aliphatic carboxylic acids is 2. The number of benzene rings is 4. The molecule has 2 aliphatic rings. The fourth-order valence-electron chi connectivity index (χ4n) is 5.29. The van der Waals surface area contributed by atoms with Crippen LogP contribution >= 0.6 is 0 Å². The van der Waals surface area contributed by atoms with E-state index >= 15 is 0 Å². The molecular formula is C32H26FNO6. The molecule has 1 heterocycles. The molecule has 2 N–H and O–H groups in total. The number of para-hydroxylation sites is 1. The van der Waals surface area contributed by atoms with Crippen LogP contribution in [0.3, 0.4) is 0 Å². The smallest absolute Gasteiger partial charge is 0.415 e. The number of ether oxygens (including phenoxy) is 1. The number of hydrogen-bond acceptors (Lipinski definition) is 4. The van der Waals surface area contributed by atoms with E-state index in [1.54, 1.807) is 18.2 Å². The molecule has 1 atom stereocenters. The zero-order valence-electron chi connectivity index (χ0n) is 21.4. The van der Waals surface area contributed by atoms with Gasteiger partial charge in [0.15, 0.2) is 0 Å². The van der Waals surface area contributed by atoms with Gasteiger partial charge in [-0.2, -0.15) is 0 Å². The van der Waals surface area contributed by atoms with Gasteiger partial charge in [0.1, 0.15) is 18.5 Å². The summed E-state index contributed by atoms with van der Waals surface area (Å²) in [5.74, 6) is -2.44. The maximum Gasteiger partial charge on any atom is 0.415 e. The van der Waals surface area contributed by atoms with E-state index in [0.717, 1.165) is 27.8 Å². The highest BCUT2D eigenvalue weighted by molar-refractivity contribution is 5.98. The molecule has 8 heteroatoms. The molecule has 0 saturated heterocycles. The first-order chi connectivity index (χ1) is 19.3. The van der Waals surface area contributed by atoms with Gasteiger partial charge >= 0.3 is 18.0 Å². The Kier molecular flexibility index (Phi) is 7.59. The van der Waals surface area contributed by atoms with Crippen LogP contribution in [-0.4, -0.2) is 40.9 Å². The minimum Gasteiger partial charge on any atom is -0.481 e. The summed E-state index contributed by atoms with van der Waals surface area (Å²) in [7, 11) is 0. The average Bonchev–Trinajstić information content (AvgIpc) is 3.48. The second-order valence-electron chi connectivity index (χ2n) is 9.56. The third-order valence-corrected chi connectivity index (χ3v) is 7.04. The van der Waals surface area contributed by atoms with Crippen molar-refractivity contribution in [2.24, 2.45) is 0 Å². The van der Waals surface area contributed by atoms with Crippen molar-refractivity contribution < 1.29 is 33.7 Å². The van der Waals surface area contributed by atoms with Crippen LogP contribution in [0.1, 0.15) is 28.2 Å². The summed E-state index contributed by atoms with van der Waals surface area (Å²) in [5, 5.41) is 17.9. The molecule has 1 unspecified atom stereocenters. The first-order valence-corrected chi connectivity index (χ1v) is 12.7. The summed E-state index contributed by atoms with van der Waals surface area (Å²) < 4.78 is 18.1. The van der Waals surface area contributed by atoms with Gasteiger partial charge in [0.2, 0.25) is 0 Å². The van der Waals surface area contributed by atoms with Crippen LogP contribution in [0.25, 0.3) is 11.1 Å². The number of carbonyl (C=O) groups excluding carboxylic acids is 1. The van der Waals surface area contributed by atoms with Crippen LogP contribution in [0.15, 0.2) is 97.1 Å². The van der Waals surface area contributed by atoms with Gasteiger partial charge in [-0.25, -0.2) is 14.0 Å². The third kappa shape index (κ3) is 5.42. The summed E-state index contributed by atoms with van der Waals surface area (Å²) in [4.78, 5) is 36.1. The summed E-state index contributed by atoms with van der Waals surface area (Å²) in [6, 6.07) is 28.1. The second kappa shape index (κ2) is 11.4. The Labute approximate surface area is 230 Å². The summed E-state index contributed by atoms with van der Waals surface area (Å²) in [6.45, 7) is 0.165. The SMILES string of the molecule is O=C(O)C1Cc2ccccc2N1C(=O)OCC1c2ccccc2-c2ccccc21.O=C(O)Cc1cccc(F)c1. The fraction of sp³-hybridized carbons (Fsp3) is 0.156. The predicted molar refractivity (Wildman–Crippen MR) is 147 cm³/mol. The van der Waals surface area contributed by atoms with E-state index in [2.05, 4.69) is 24.3 Å². The number of carbonyl (C=O) groups is 3. The zero-order chi connectivity index (χ0) is 28.2. The molecule has 202 valence electrons. The van der Waals surface area contributed by atoms with Crippen molar-refractivity contribution in [1.29, 1.82) is 0 Å². The molecule has 4 aromatic carbocycles. The highest BCUT2D eigenvalue weighted by Crippen LogP contribution is 2.44. The zero-order valence-corrected chi connectivity index (χ0v) is 21.4. The number of carboxylic acids is 2. The van der Waals surface area contributed by atoms with Crippen LogP contribution < -0.4 is 4.90 Å². The van der Waals surface area contributed by atoms with Gasteiger partial charge in [0.25, 0.3) is 0 Å². The number of fused-ring (bicyclic) bond motifs is 4. The molecule has 1 aliphatic carbocycles. The predicted octanol–water partition coefficient (Wildman–Crippen LogP) is 5.90. The van der Waals surface area contributed by atoms with E-state index in [9.17, 15) is 23.9 Å². The molecule has 0 saturated carbocycles. The van der Waals surface area contributed by atoms with Gasteiger partial charge in [0, 0.05) is 12.3 Å². The van der Waals surface area contributed by atoms with Crippen molar-refractivity contribution in [3.8, 4) is 11.1 Å². The molecule has 1 amide bonds. The number of nitrogens with zero attached hydrogens (tertiary/aromatic N) is 1. The second-order valence-corrected chi connectivity index (χ2v) is 9.56. The molecule has 6 rings (SSSR count). The van der Waals surface area contributed by atoms with Gasteiger partial charge in [-0.05, 0) is 51.6 Å². The van der Waals surface area contributed by atoms with E-state index < -0.39 is 29.9 Å². The number of halogens is 1. The lowest BCUT2D eigenvalue weighted by atomic mass is 9.98. The van der Waals surface area contributed by atoms with Crippen LogP contribution in [0.4, 0.5) is 14.9 Å². The van der Waals surface area contributed by atoms with Gasteiger partial charge in [-0.3, -0.25) is 9.69 Å². The molecule has 7 nitrogen and oxygen atoms in total. The lowest BCUT2D eigenvalue weighted by molar-refractivity contribution is -0.138. The lowest BCUT2D eigenvalue weighted by Crippen LogP contribution is -2.43. The summed E-state index contributed by atoms with van der Waals surface area (Å²) in [5.41, 5.74) is 6.48. The van der Waals surface area contributed by atoms with Crippen LogP contribution in [-0.2, 0) is 27.2 Å². The molecule has 4 aromatic rings. The molecule has 0 aromatic heterocycles. The molecule has 0 radical (unpaired) electrons. The van der Waals surface area contributed by atoms with Crippen LogP contribution in [0.5, 0.6) is 0 Å². The van der Waals surface area contributed by atoms with Crippen molar-refractivity contribution in [2.45, 2.75) is 24.8 Å².